The number of hydrogen-bond acceptors (Lipinski definition) is 4. The fourth-order valence-electron chi connectivity index (χ4n) is 3.31. The first-order chi connectivity index (χ1) is 16.4. The lowest BCUT2D eigenvalue weighted by Gasteiger charge is -2.12. The topological polar surface area (TPSA) is 59.9 Å². The lowest BCUT2D eigenvalue weighted by molar-refractivity contribution is 0.0954. The van der Waals surface area contributed by atoms with Crippen LogP contribution in [0.5, 0.6) is 11.5 Å². The molecule has 0 bridgehead atoms. The first kappa shape index (κ1) is 25.2. The maximum Gasteiger partial charge on any atom is 0.271 e. The zero-order chi connectivity index (χ0) is 24.1. The molecule has 172 valence electrons. The Morgan fingerprint density at radius 1 is 0.912 bits per heavy atom. The third-order valence-electron chi connectivity index (χ3n) is 5.01. The van der Waals surface area contributed by atoms with E-state index in [1.54, 1.807) is 25.5 Å². The molecular formula is C26H19I3N2O3. The summed E-state index contributed by atoms with van der Waals surface area (Å²) < 4.78 is 14.3. The molecular weight excluding hydrogens is 769 g/mol. The number of halogens is 3. The van der Waals surface area contributed by atoms with E-state index in [2.05, 4.69) is 109 Å². The van der Waals surface area contributed by atoms with Crippen LogP contribution in [-0.2, 0) is 6.61 Å². The molecule has 4 aromatic carbocycles. The molecule has 1 amide bonds. The monoisotopic (exact) mass is 788 g/mol. The number of rotatable bonds is 7. The first-order valence-electron chi connectivity index (χ1n) is 10.2. The SMILES string of the molecule is COc1cc(C(=O)N/N=C\c2cc(I)c(OCc3ccc4ccccc4c3)c(I)c2)ccc1I. The molecule has 0 fully saturated rings. The largest absolute Gasteiger partial charge is 0.496 e. The Hall–Kier alpha value is -1.93. The summed E-state index contributed by atoms with van der Waals surface area (Å²) in [6.07, 6.45) is 1.62. The molecule has 0 atom stereocenters. The molecule has 0 radical (unpaired) electrons. The van der Waals surface area contributed by atoms with Gasteiger partial charge >= 0.3 is 0 Å². The summed E-state index contributed by atoms with van der Waals surface area (Å²) in [4.78, 5) is 12.4. The first-order valence-corrected chi connectivity index (χ1v) is 13.4. The molecule has 8 heteroatoms. The predicted octanol–water partition coefficient (Wildman–Crippen LogP) is 7.01. The van der Waals surface area contributed by atoms with Crippen LogP contribution < -0.4 is 14.9 Å². The molecule has 34 heavy (non-hydrogen) atoms. The molecule has 0 saturated carbocycles. The minimum Gasteiger partial charge on any atom is -0.496 e. The van der Waals surface area contributed by atoms with Crippen LogP contribution in [0.2, 0.25) is 0 Å². The van der Waals surface area contributed by atoms with Crippen molar-refractivity contribution in [1.82, 2.24) is 5.43 Å². The quantitative estimate of drug-likeness (QED) is 0.125. The normalized spacial score (nSPS) is 11.1. The molecule has 1 N–H and O–H groups in total. The van der Waals surface area contributed by atoms with Gasteiger partial charge < -0.3 is 9.47 Å². The van der Waals surface area contributed by atoms with E-state index in [-0.39, 0.29) is 5.91 Å². The number of carbonyl (C=O) groups excluding carboxylic acids is 1. The van der Waals surface area contributed by atoms with Crippen molar-refractivity contribution in [1.29, 1.82) is 0 Å². The van der Waals surface area contributed by atoms with Crippen molar-refractivity contribution in [3.05, 3.63) is 100 Å². The van der Waals surface area contributed by atoms with E-state index in [9.17, 15) is 4.79 Å². The summed E-state index contributed by atoms with van der Waals surface area (Å²) in [5.74, 6) is 1.19. The number of methoxy groups -OCH3 is 1. The number of amides is 1. The Kier molecular flexibility index (Phi) is 8.64. The number of hydrazone groups is 1. The van der Waals surface area contributed by atoms with Crippen molar-refractivity contribution in [2.45, 2.75) is 6.61 Å². The highest BCUT2D eigenvalue weighted by Gasteiger charge is 2.10. The Bertz CT molecular complexity index is 1370. The summed E-state index contributed by atoms with van der Waals surface area (Å²) in [5, 5.41) is 6.53. The molecule has 0 saturated heterocycles. The van der Waals surface area contributed by atoms with Gasteiger partial charge in [0.15, 0.2) is 0 Å². The number of nitrogens with one attached hydrogen (secondary N) is 1. The molecule has 4 rings (SSSR count). The number of hydrogen-bond donors (Lipinski definition) is 1. The van der Waals surface area contributed by atoms with Gasteiger partial charge in [0.1, 0.15) is 18.1 Å². The molecule has 0 aliphatic heterocycles. The molecule has 0 spiro atoms. The van der Waals surface area contributed by atoms with E-state index < -0.39 is 0 Å². The maximum absolute atomic E-state index is 12.4. The molecule has 5 nitrogen and oxygen atoms in total. The van der Waals surface area contributed by atoms with E-state index in [1.807, 2.05) is 30.3 Å². The van der Waals surface area contributed by atoms with E-state index in [1.165, 1.54) is 10.8 Å². The maximum atomic E-state index is 12.4. The second-order valence-corrected chi connectivity index (χ2v) is 10.8. The summed E-state index contributed by atoms with van der Waals surface area (Å²) in [5.41, 5.74) is 5.04. The van der Waals surface area contributed by atoms with Crippen LogP contribution in [0.15, 0.2) is 77.9 Å². The molecule has 0 aromatic heterocycles. The van der Waals surface area contributed by atoms with Gasteiger partial charge in [-0.2, -0.15) is 5.10 Å². The van der Waals surface area contributed by atoms with E-state index in [4.69, 9.17) is 9.47 Å². The second-order valence-electron chi connectivity index (χ2n) is 7.33. The molecule has 0 aliphatic carbocycles. The van der Waals surface area contributed by atoms with Crippen LogP contribution in [0.3, 0.4) is 0 Å². The number of ether oxygens (including phenoxy) is 2. The average Bonchev–Trinajstić information content (AvgIpc) is 2.83. The highest BCUT2D eigenvalue weighted by atomic mass is 127. The Balaban J connectivity index is 1.41. The third-order valence-corrected chi connectivity index (χ3v) is 7.50. The van der Waals surface area contributed by atoms with Crippen molar-refractivity contribution >= 4 is 90.7 Å². The Morgan fingerprint density at radius 3 is 2.38 bits per heavy atom. The van der Waals surface area contributed by atoms with Crippen LogP contribution in [-0.4, -0.2) is 19.2 Å². The Labute approximate surface area is 238 Å². The van der Waals surface area contributed by atoms with E-state index in [0.29, 0.717) is 17.9 Å². The van der Waals surface area contributed by atoms with Crippen LogP contribution in [0.4, 0.5) is 0 Å². The van der Waals surface area contributed by atoms with Gasteiger partial charge in [-0.1, -0.05) is 36.4 Å². The zero-order valence-electron chi connectivity index (χ0n) is 18.0. The van der Waals surface area contributed by atoms with Gasteiger partial charge in [-0.05, 0) is 126 Å². The second kappa shape index (κ2) is 11.7. The number of fused-ring (bicyclic) bond motifs is 1. The Morgan fingerprint density at radius 2 is 1.65 bits per heavy atom. The van der Waals surface area contributed by atoms with Gasteiger partial charge in [0.25, 0.3) is 5.91 Å². The fourth-order valence-corrected chi connectivity index (χ4v) is 5.99. The number of nitrogens with zero attached hydrogens (tertiary/aromatic N) is 1. The van der Waals surface area contributed by atoms with Crippen LogP contribution in [0.1, 0.15) is 21.5 Å². The zero-order valence-corrected chi connectivity index (χ0v) is 24.5. The van der Waals surface area contributed by atoms with Crippen molar-refractivity contribution < 1.29 is 14.3 Å². The van der Waals surface area contributed by atoms with Crippen LogP contribution >= 0.6 is 67.8 Å². The van der Waals surface area contributed by atoms with Gasteiger partial charge in [0.2, 0.25) is 0 Å². The third kappa shape index (κ3) is 6.19. The molecule has 0 heterocycles. The van der Waals surface area contributed by atoms with Gasteiger partial charge in [-0.3, -0.25) is 4.79 Å². The standard InChI is InChI=1S/C26H19I3N2O3/c1-33-24-13-20(8-9-21(24)27)26(32)31-30-14-17-11-22(28)25(23(29)12-17)34-15-16-6-7-18-4-2-3-5-19(18)10-16/h2-14H,15H2,1H3,(H,31,32)/b30-14-. The average molecular weight is 788 g/mol. The minimum absolute atomic E-state index is 0.300. The van der Waals surface area contributed by atoms with Crippen LogP contribution in [0.25, 0.3) is 10.8 Å². The fraction of sp³-hybridized carbons (Fsp3) is 0.0769. The lowest BCUT2D eigenvalue weighted by atomic mass is 10.1. The number of carbonyl (C=O) groups is 1. The number of benzene rings is 4. The van der Waals surface area contributed by atoms with Crippen molar-refractivity contribution in [2.24, 2.45) is 5.10 Å². The lowest BCUT2D eigenvalue weighted by Crippen LogP contribution is -2.17. The molecule has 4 aromatic rings. The molecule has 0 unspecified atom stereocenters. The van der Waals surface area contributed by atoms with Crippen molar-refractivity contribution in [3.8, 4) is 11.5 Å². The van der Waals surface area contributed by atoms with Gasteiger partial charge in [-0.25, -0.2) is 5.43 Å². The smallest absolute Gasteiger partial charge is 0.271 e. The van der Waals surface area contributed by atoms with E-state index in [0.717, 1.165) is 27.6 Å². The summed E-state index contributed by atoms with van der Waals surface area (Å²) in [6.45, 7) is 0.486. The minimum atomic E-state index is -0.300. The highest BCUT2D eigenvalue weighted by Crippen LogP contribution is 2.30. The predicted molar refractivity (Wildman–Crippen MR) is 161 cm³/mol. The van der Waals surface area contributed by atoms with Gasteiger partial charge in [0, 0.05) is 5.56 Å². The van der Waals surface area contributed by atoms with Gasteiger partial charge in [-0.15, -0.1) is 0 Å². The summed E-state index contributed by atoms with van der Waals surface area (Å²) in [6, 6.07) is 23.9. The van der Waals surface area contributed by atoms with Crippen LogP contribution in [0, 0.1) is 10.7 Å². The summed E-state index contributed by atoms with van der Waals surface area (Å²) in [7, 11) is 1.58. The van der Waals surface area contributed by atoms with E-state index >= 15 is 0 Å². The van der Waals surface area contributed by atoms with Crippen molar-refractivity contribution in [3.63, 3.8) is 0 Å². The molecule has 0 aliphatic rings. The summed E-state index contributed by atoms with van der Waals surface area (Å²) >= 11 is 6.68. The van der Waals surface area contributed by atoms with Gasteiger partial charge in [0.05, 0.1) is 24.0 Å². The highest BCUT2D eigenvalue weighted by molar-refractivity contribution is 14.1. The van der Waals surface area contributed by atoms with Crippen molar-refractivity contribution in [2.75, 3.05) is 7.11 Å².